The van der Waals surface area contributed by atoms with Crippen molar-refractivity contribution in [3.63, 3.8) is 0 Å². The zero-order valence-corrected chi connectivity index (χ0v) is 12.5. The van der Waals surface area contributed by atoms with E-state index in [4.69, 9.17) is 5.11 Å². The smallest absolute Gasteiger partial charge is 0.306 e. The summed E-state index contributed by atoms with van der Waals surface area (Å²) in [6.45, 7) is 9.26. The van der Waals surface area contributed by atoms with Crippen LogP contribution in [0.5, 0.6) is 0 Å². The molecule has 0 aliphatic rings. The zero-order valence-electron chi connectivity index (χ0n) is 12.5. The number of hydrogen-bond acceptors (Lipinski definition) is 2. The maximum absolute atomic E-state index is 10.7. The van der Waals surface area contributed by atoms with Crippen molar-refractivity contribution in [3.05, 3.63) is 24.3 Å². The van der Waals surface area contributed by atoms with Gasteiger partial charge in [-0.15, -0.1) is 0 Å². The minimum Gasteiger partial charge on any atom is -0.481 e. The van der Waals surface area contributed by atoms with Gasteiger partial charge in [0.15, 0.2) is 0 Å². The molecule has 0 aromatic carbocycles. The van der Waals surface area contributed by atoms with Gasteiger partial charge in [0.2, 0.25) is 0 Å². The fourth-order valence-corrected chi connectivity index (χ4v) is 2.07. The van der Waals surface area contributed by atoms with Gasteiger partial charge in [-0.2, -0.15) is 0 Å². The summed E-state index contributed by atoms with van der Waals surface area (Å²) in [5.74, 6) is -1.08. The van der Waals surface area contributed by atoms with Crippen LogP contribution in [0, 0.1) is 5.92 Å². The van der Waals surface area contributed by atoms with Gasteiger partial charge < -0.3 is 10.2 Å². The van der Waals surface area contributed by atoms with E-state index in [1.165, 1.54) is 5.57 Å². The Balaban J connectivity index is 3.89. The second-order valence-corrected chi connectivity index (χ2v) is 5.73. The predicted molar refractivity (Wildman–Crippen MR) is 79.1 cm³/mol. The highest BCUT2D eigenvalue weighted by molar-refractivity contribution is 5.69. The first-order valence-corrected chi connectivity index (χ1v) is 7.02. The molecule has 0 aliphatic carbocycles. The molecule has 3 heteroatoms. The molecule has 0 aromatic rings. The molecule has 19 heavy (non-hydrogen) atoms. The van der Waals surface area contributed by atoms with Crippen LogP contribution in [-0.2, 0) is 4.79 Å². The van der Waals surface area contributed by atoms with Crippen molar-refractivity contribution >= 4 is 5.97 Å². The van der Waals surface area contributed by atoms with Crippen molar-refractivity contribution in [3.8, 4) is 0 Å². The Kier molecular flexibility index (Phi) is 8.41. The average molecular weight is 268 g/mol. The van der Waals surface area contributed by atoms with Crippen molar-refractivity contribution < 1.29 is 15.0 Å². The maximum atomic E-state index is 10.7. The molecule has 0 heterocycles. The Morgan fingerprint density at radius 1 is 1.37 bits per heavy atom. The quantitative estimate of drug-likeness (QED) is 0.590. The SMILES string of the molecule is C=C/C=C(\C)CCCC(C)(O)CCCC(C)C(=O)O. The van der Waals surface area contributed by atoms with Gasteiger partial charge in [-0.1, -0.05) is 31.2 Å². The highest BCUT2D eigenvalue weighted by Gasteiger charge is 2.20. The first kappa shape index (κ1) is 17.9. The van der Waals surface area contributed by atoms with Crippen molar-refractivity contribution in [1.29, 1.82) is 0 Å². The lowest BCUT2D eigenvalue weighted by Crippen LogP contribution is -2.24. The number of carboxylic acids is 1. The Morgan fingerprint density at radius 2 is 1.95 bits per heavy atom. The monoisotopic (exact) mass is 268 g/mol. The Bertz CT molecular complexity index is 316. The van der Waals surface area contributed by atoms with Gasteiger partial charge in [-0.05, 0) is 52.4 Å². The van der Waals surface area contributed by atoms with Crippen LogP contribution in [0.3, 0.4) is 0 Å². The fraction of sp³-hybridized carbons (Fsp3) is 0.688. The van der Waals surface area contributed by atoms with E-state index in [0.29, 0.717) is 12.8 Å². The minimum absolute atomic E-state index is 0.325. The lowest BCUT2D eigenvalue weighted by molar-refractivity contribution is -0.141. The van der Waals surface area contributed by atoms with Crippen LogP contribution < -0.4 is 0 Å². The summed E-state index contributed by atoms with van der Waals surface area (Å²) >= 11 is 0. The van der Waals surface area contributed by atoms with Crippen molar-refractivity contribution in [2.24, 2.45) is 5.92 Å². The molecule has 0 rings (SSSR count). The summed E-state index contributed by atoms with van der Waals surface area (Å²) in [6.07, 6.45) is 8.46. The van der Waals surface area contributed by atoms with E-state index in [-0.39, 0.29) is 5.92 Å². The Hall–Kier alpha value is -1.09. The largest absolute Gasteiger partial charge is 0.481 e. The van der Waals surface area contributed by atoms with Gasteiger partial charge in [-0.25, -0.2) is 0 Å². The van der Waals surface area contributed by atoms with E-state index in [0.717, 1.165) is 25.7 Å². The van der Waals surface area contributed by atoms with Crippen molar-refractivity contribution in [1.82, 2.24) is 0 Å². The summed E-state index contributed by atoms with van der Waals surface area (Å²) < 4.78 is 0. The number of carbonyl (C=O) groups is 1. The summed E-state index contributed by atoms with van der Waals surface area (Å²) in [7, 11) is 0. The van der Waals surface area contributed by atoms with Crippen LogP contribution in [-0.4, -0.2) is 21.8 Å². The standard InChI is InChI=1S/C16H28O3/c1-5-8-13(2)9-6-11-16(4,19)12-7-10-14(3)15(17)18/h5,8,14,19H,1,6-7,9-12H2,2-4H3,(H,17,18)/b13-8+. The topological polar surface area (TPSA) is 57.5 Å². The molecule has 0 bridgehead atoms. The van der Waals surface area contributed by atoms with Crippen LogP contribution in [0.4, 0.5) is 0 Å². The van der Waals surface area contributed by atoms with Crippen LogP contribution in [0.2, 0.25) is 0 Å². The third kappa shape index (κ3) is 9.48. The van der Waals surface area contributed by atoms with E-state index >= 15 is 0 Å². The molecule has 0 saturated heterocycles. The summed E-state index contributed by atoms with van der Waals surface area (Å²) in [5, 5.41) is 19.0. The number of rotatable bonds is 10. The van der Waals surface area contributed by atoms with E-state index in [1.54, 1.807) is 13.0 Å². The van der Waals surface area contributed by atoms with Gasteiger partial charge in [0.1, 0.15) is 0 Å². The number of hydrogen-bond donors (Lipinski definition) is 2. The predicted octanol–water partition coefficient (Wildman–Crippen LogP) is 3.93. The van der Waals surface area contributed by atoms with E-state index in [1.807, 2.05) is 13.0 Å². The number of aliphatic carboxylic acids is 1. The zero-order chi connectivity index (χ0) is 14.9. The Morgan fingerprint density at radius 3 is 2.47 bits per heavy atom. The van der Waals surface area contributed by atoms with Crippen molar-refractivity contribution in [2.45, 2.75) is 64.9 Å². The maximum Gasteiger partial charge on any atom is 0.306 e. The molecular weight excluding hydrogens is 240 g/mol. The van der Waals surface area contributed by atoms with Gasteiger partial charge in [0, 0.05) is 0 Å². The molecule has 2 N–H and O–H groups in total. The fourth-order valence-electron chi connectivity index (χ4n) is 2.07. The van der Waals surface area contributed by atoms with Crippen LogP contribution >= 0.6 is 0 Å². The van der Waals surface area contributed by atoms with E-state index in [2.05, 4.69) is 13.5 Å². The van der Waals surface area contributed by atoms with Gasteiger partial charge in [-0.3, -0.25) is 4.79 Å². The average Bonchev–Trinajstić information content (AvgIpc) is 2.28. The molecule has 3 nitrogen and oxygen atoms in total. The molecule has 2 unspecified atom stereocenters. The molecule has 0 spiro atoms. The third-order valence-corrected chi connectivity index (χ3v) is 3.46. The second-order valence-electron chi connectivity index (χ2n) is 5.73. The third-order valence-electron chi connectivity index (χ3n) is 3.46. The Labute approximate surface area is 117 Å². The summed E-state index contributed by atoms with van der Waals surface area (Å²) in [4.78, 5) is 10.7. The first-order valence-electron chi connectivity index (χ1n) is 7.02. The number of aliphatic hydroxyl groups is 1. The summed E-state index contributed by atoms with van der Waals surface area (Å²) in [6, 6.07) is 0. The van der Waals surface area contributed by atoms with Gasteiger partial charge >= 0.3 is 5.97 Å². The van der Waals surface area contributed by atoms with E-state index in [9.17, 15) is 9.90 Å². The minimum atomic E-state index is -0.759. The highest BCUT2D eigenvalue weighted by Crippen LogP contribution is 2.23. The normalized spacial score (nSPS) is 16.7. The highest BCUT2D eigenvalue weighted by atomic mass is 16.4. The number of carboxylic acid groups (broad SMARTS) is 1. The molecule has 0 radical (unpaired) electrons. The number of allylic oxidation sites excluding steroid dienone is 3. The second kappa shape index (κ2) is 8.92. The molecule has 0 fully saturated rings. The lowest BCUT2D eigenvalue weighted by Gasteiger charge is -2.23. The molecule has 0 saturated carbocycles. The molecule has 0 aromatic heterocycles. The van der Waals surface area contributed by atoms with Gasteiger partial charge in [0.25, 0.3) is 0 Å². The molecular formula is C16H28O3. The van der Waals surface area contributed by atoms with E-state index < -0.39 is 11.6 Å². The summed E-state index contributed by atoms with van der Waals surface area (Å²) in [5.41, 5.74) is 0.581. The first-order chi connectivity index (χ1) is 8.78. The van der Waals surface area contributed by atoms with Crippen LogP contribution in [0.25, 0.3) is 0 Å². The molecule has 0 aliphatic heterocycles. The van der Waals surface area contributed by atoms with Gasteiger partial charge in [0.05, 0.1) is 11.5 Å². The molecule has 110 valence electrons. The van der Waals surface area contributed by atoms with Crippen molar-refractivity contribution in [2.75, 3.05) is 0 Å². The van der Waals surface area contributed by atoms with Crippen LogP contribution in [0.1, 0.15) is 59.3 Å². The van der Waals surface area contributed by atoms with Crippen LogP contribution in [0.15, 0.2) is 24.3 Å². The lowest BCUT2D eigenvalue weighted by atomic mass is 9.90. The molecule has 2 atom stereocenters. The molecule has 0 amide bonds.